The zero-order valence-electron chi connectivity index (χ0n) is 10.9. The SMILES string of the molecule is CCCCC(=O)Oc1cc(OC)cc(O)c1OC. The molecule has 0 heterocycles. The molecule has 0 atom stereocenters. The van der Waals surface area contributed by atoms with Crippen molar-refractivity contribution < 1.29 is 24.1 Å². The van der Waals surface area contributed by atoms with Gasteiger partial charge in [0.25, 0.3) is 0 Å². The molecule has 0 aromatic heterocycles. The Hall–Kier alpha value is -1.91. The Morgan fingerprint density at radius 2 is 2.00 bits per heavy atom. The van der Waals surface area contributed by atoms with E-state index in [1.165, 1.54) is 26.4 Å². The Morgan fingerprint density at radius 3 is 2.56 bits per heavy atom. The molecule has 1 aromatic carbocycles. The fraction of sp³-hybridized carbons (Fsp3) is 0.462. The van der Waals surface area contributed by atoms with Gasteiger partial charge in [-0.1, -0.05) is 13.3 Å². The Kier molecular flexibility index (Phi) is 5.30. The number of rotatable bonds is 6. The number of phenolic OH excluding ortho intramolecular Hbond substituents is 1. The Labute approximate surface area is 106 Å². The number of phenols is 1. The van der Waals surface area contributed by atoms with E-state index >= 15 is 0 Å². The summed E-state index contributed by atoms with van der Waals surface area (Å²) < 4.78 is 15.1. The van der Waals surface area contributed by atoms with Crippen LogP contribution in [0, 0.1) is 0 Å². The van der Waals surface area contributed by atoms with E-state index in [1.807, 2.05) is 6.92 Å². The van der Waals surface area contributed by atoms with E-state index in [0.29, 0.717) is 12.2 Å². The highest BCUT2D eigenvalue weighted by Crippen LogP contribution is 2.40. The average Bonchev–Trinajstić information content (AvgIpc) is 2.35. The molecule has 0 aliphatic heterocycles. The van der Waals surface area contributed by atoms with Crippen LogP contribution in [0.15, 0.2) is 12.1 Å². The molecule has 1 N–H and O–H groups in total. The van der Waals surface area contributed by atoms with Gasteiger partial charge in [0.2, 0.25) is 5.75 Å². The highest BCUT2D eigenvalue weighted by molar-refractivity contribution is 5.74. The molecule has 0 saturated carbocycles. The van der Waals surface area contributed by atoms with Crippen LogP contribution in [0.25, 0.3) is 0 Å². The summed E-state index contributed by atoms with van der Waals surface area (Å²) in [4.78, 5) is 11.6. The van der Waals surface area contributed by atoms with Gasteiger partial charge in [-0.05, 0) is 6.42 Å². The van der Waals surface area contributed by atoms with Crippen LogP contribution >= 0.6 is 0 Å². The zero-order valence-corrected chi connectivity index (χ0v) is 10.9. The number of carbonyl (C=O) groups is 1. The van der Waals surface area contributed by atoms with Crippen LogP contribution in [0.4, 0.5) is 0 Å². The average molecular weight is 254 g/mol. The maximum absolute atomic E-state index is 11.6. The fourth-order valence-corrected chi connectivity index (χ4v) is 1.46. The normalized spacial score (nSPS) is 9.94. The first-order valence-corrected chi connectivity index (χ1v) is 5.78. The summed E-state index contributed by atoms with van der Waals surface area (Å²) in [5.74, 6) is 0.195. The van der Waals surface area contributed by atoms with Gasteiger partial charge in [0.15, 0.2) is 11.5 Å². The summed E-state index contributed by atoms with van der Waals surface area (Å²) in [6.45, 7) is 1.99. The van der Waals surface area contributed by atoms with Crippen LogP contribution in [-0.2, 0) is 4.79 Å². The third-order valence-corrected chi connectivity index (χ3v) is 2.41. The largest absolute Gasteiger partial charge is 0.504 e. The standard InChI is InChI=1S/C13H18O5/c1-4-5-6-12(15)18-11-8-9(16-2)7-10(14)13(11)17-3/h7-8,14H,4-6H2,1-3H3. The molecular weight excluding hydrogens is 236 g/mol. The van der Waals surface area contributed by atoms with Gasteiger partial charge in [0, 0.05) is 18.6 Å². The monoisotopic (exact) mass is 254 g/mol. The smallest absolute Gasteiger partial charge is 0.311 e. The zero-order chi connectivity index (χ0) is 13.5. The maximum Gasteiger partial charge on any atom is 0.311 e. The molecule has 100 valence electrons. The molecule has 5 heteroatoms. The first-order chi connectivity index (χ1) is 8.62. The minimum atomic E-state index is -0.359. The number of esters is 1. The van der Waals surface area contributed by atoms with Crippen molar-refractivity contribution in [3.63, 3.8) is 0 Å². The molecule has 0 unspecified atom stereocenters. The van der Waals surface area contributed by atoms with E-state index in [4.69, 9.17) is 14.2 Å². The molecule has 0 aliphatic rings. The number of ether oxygens (including phenoxy) is 3. The molecule has 18 heavy (non-hydrogen) atoms. The number of unbranched alkanes of at least 4 members (excludes halogenated alkanes) is 1. The number of benzene rings is 1. The molecule has 0 spiro atoms. The minimum Gasteiger partial charge on any atom is -0.504 e. The lowest BCUT2D eigenvalue weighted by molar-refractivity contribution is -0.134. The van der Waals surface area contributed by atoms with Gasteiger partial charge in [-0.25, -0.2) is 0 Å². The van der Waals surface area contributed by atoms with E-state index < -0.39 is 0 Å². The van der Waals surface area contributed by atoms with E-state index in [1.54, 1.807) is 0 Å². The molecule has 0 aliphatic carbocycles. The van der Waals surface area contributed by atoms with Gasteiger partial charge in [-0.3, -0.25) is 4.79 Å². The first-order valence-electron chi connectivity index (χ1n) is 5.78. The van der Waals surface area contributed by atoms with Crippen molar-refractivity contribution in [2.24, 2.45) is 0 Å². The molecule has 0 radical (unpaired) electrons. The van der Waals surface area contributed by atoms with Crippen LogP contribution < -0.4 is 14.2 Å². The molecule has 0 saturated heterocycles. The van der Waals surface area contributed by atoms with Gasteiger partial charge >= 0.3 is 5.97 Å². The molecule has 1 rings (SSSR count). The van der Waals surface area contributed by atoms with E-state index in [9.17, 15) is 9.90 Å². The second-order valence-corrected chi connectivity index (χ2v) is 3.76. The highest BCUT2D eigenvalue weighted by Gasteiger charge is 2.15. The molecule has 5 nitrogen and oxygen atoms in total. The van der Waals surface area contributed by atoms with Crippen LogP contribution in [0.3, 0.4) is 0 Å². The van der Waals surface area contributed by atoms with Gasteiger partial charge in [0.1, 0.15) is 5.75 Å². The van der Waals surface area contributed by atoms with Crippen LogP contribution in [0.5, 0.6) is 23.0 Å². The highest BCUT2D eigenvalue weighted by atomic mass is 16.6. The van der Waals surface area contributed by atoms with Crippen LogP contribution in [0.2, 0.25) is 0 Å². The lowest BCUT2D eigenvalue weighted by atomic mass is 10.2. The number of hydrogen-bond donors (Lipinski definition) is 1. The van der Waals surface area contributed by atoms with Gasteiger partial charge in [-0.2, -0.15) is 0 Å². The predicted molar refractivity (Wildman–Crippen MR) is 66.4 cm³/mol. The molecule has 0 amide bonds. The van der Waals surface area contributed by atoms with Gasteiger partial charge in [0.05, 0.1) is 14.2 Å². The van der Waals surface area contributed by atoms with Crippen LogP contribution in [0.1, 0.15) is 26.2 Å². The third-order valence-electron chi connectivity index (χ3n) is 2.41. The number of aromatic hydroxyl groups is 1. The lowest BCUT2D eigenvalue weighted by Gasteiger charge is -2.12. The van der Waals surface area contributed by atoms with Gasteiger partial charge < -0.3 is 19.3 Å². The third kappa shape index (κ3) is 3.55. The predicted octanol–water partition coefficient (Wildman–Crippen LogP) is 2.51. The minimum absolute atomic E-state index is 0.126. The van der Waals surface area contributed by atoms with E-state index in [0.717, 1.165) is 12.8 Å². The van der Waals surface area contributed by atoms with E-state index in [2.05, 4.69) is 0 Å². The van der Waals surface area contributed by atoms with Crippen molar-refractivity contribution in [3.05, 3.63) is 12.1 Å². The second kappa shape index (κ2) is 6.74. The summed E-state index contributed by atoms with van der Waals surface area (Å²) in [5.41, 5.74) is 0. The maximum atomic E-state index is 11.6. The fourth-order valence-electron chi connectivity index (χ4n) is 1.46. The number of methoxy groups -OCH3 is 2. The summed E-state index contributed by atoms with van der Waals surface area (Å²) in [6, 6.07) is 2.89. The summed E-state index contributed by atoms with van der Waals surface area (Å²) in [6.07, 6.45) is 2.00. The number of carbonyl (C=O) groups excluding carboxylic acids is 1. The number of hydrogen-bond acceptors (Lipinski definition) is 5. The van der Waals surface area contributed by atoms with Crippen molar-refractivity contribution in [2.75, 3.05) is 14.2 Å². The molecular formula is C13H18O5. The molecule has 1 aromatic rings. The van der Waals surface area contributed by atoms with Crippen molar-refractivity contribution in [1.82, 2.24) is 0 Å². The first kappa shape index (κ1) is 14.2. The summed E-state index contributed by atoms with van der Waals surface area (Å²) in [7, 11) is 2.86. The van der Waals surface area contributed by atoms with Crippen molar-refractivity contribution in [3.8, 4) is 23.0 Å². The molecule has 0 bridgehead atoms. The quantitative estimate of drug-likeness (QED) is 0.624. The topological polar surface area (TPSA) is 65.0 Å². The second-order valence-electron chi connectivity index (χ2n) is 3.76. The summed E-state index contributed by atoms with van der Waals surface area (Å²) >= 11 is 0. The molecule has 0 fully saturated rings. The lowest BCUT2D eigenvalue weighted by Crippen LogP contribution is -2.08. The van der Waals surface area contributed by atoms with Crippen molar-refractivity contribution in [1.29, 1.82) is 0 Å². The van der Waals surface area contributed by atoms with Crippen molar-refractivity contribution >= 4 is 5.97 Å². The Bertz CT molecular complexity index is 414. The summed E-state index contributed by atoms with van der Waals surface area (Å²) in [5, 5.41) is 9.70. The van der Waals surface area contributed by atoms with Crippen LogP contribution in [-0.4, -0.2) is 25.3 Å². The van der Waals surface area contributed by atoms with Crippen molar-refractivity contribution in [2.45, 2.75) is 26.2 Å². The Morgan fingerprint density at radius 1 is 1.28 bits per heavy atom. The van der Waals surface area contributed by atoms with E-state index in [-0.39, 0.29) is 23.2 Å². The Balaban J connectivity index is 2.91. The van der Waals surface area contributed by atoms with Gasteiger partial charge in [-0.15, -0.1) is 0 Å².